The van der Waals surface area contributed by atoms with Gasteiger partial charge in [0, 0.05) is 0 Å². The van der Waals surface area contributed by atoms with Crippen molar-refractivity contribution in [2.24, 2.45) is 5.10 Å². The highest BCUT2D eigenvalue weighted by molar-refractivity contribution is 6.19. The van der Waals surface area contributed by atoms with Crippen molar-refractivity contribution >= 4 is 23.7 Å². The van der Waals surface area contributed by atoms with Crippen LogP contribution in [0.4, 0.5) is 5.69 Å². The number of hydrogen-bond donors (Lipinski definition) is 1. The van der Waals surface area contributed by atoms with Crippen LogP contribution in [0, 0.1) is 0 Å². The Hall–Kier alpha value is -2.17. The van der Waals surface area contributed by atoms with Crippen LogP contribution in [-0.4, -0.2) is 24.1 Å². The summed E-state index contributed by atoms with van der Waals surface area (Å²) < 4.78 is 0. The van der Waals surface area contributed by atoms with Crippen molar-refractivity contribution < 1.29 is 9.59 Å². The van der Waals surface area contributed by atoms with Crippen molar-refractivity contribution in [3.63, 3.8) is 0 Å². The van der Waals surface area contributed by atoms with Crippen LogP contribution in [0.25, 0.3) is 0 Å². The van der Waals surface area contributed by atoms with Crippen LogP contribution in [0.5, 0.6) is 0 Å². The summed E-state index contributed by atoms with van der Waals surface area (Å²) in [6, 6.07) is 8.75. The summed E-state index contributed by atoms with van der Waals surface area (Å²) in [4.78, 5) is 23.6. The topological polar surface area (TPSA) is 61.8 Å². The van der Waals surface area contributed by atoms with Gasteiger partial charge < -0.3 is 5.32 Å². The lowest BCUT2D eigenvalue weighted by Crippen LogP contribution is -2.42. The van der Waals surface area contributed by atoms with Crippen LogP contribution >= 0.6 is 0 Å². The van der Waals surface area contributed by atoms with Crippen LogP contribution in [0.2, 0.25) is 0 Å². The van der Waals surface area contributed by atoms with Crippen molar-refractivity contribution in [1.29, 1.82) is 0 Å². The summed E-state index contributed by atoms with van der Waals surface area (Å²) in [5.41, 5.74) is 1.50. The number of nitrogens with zero attached hydrogens (tertiary/aromatic N) is 2. The van der Waals surface area contributed by atoms with E-state index < -0.39 is 6.04 Å². The molecule has 1 atom stereocenters. The summed E-state index contributed by atoms with van der Waals surface area (Å²) in [7, 11) is 0. The van der Waals surface area contributed by atoms with Gasteiger partial charge in [-0.2, -0.15) is 10.1 Å². The first-order valence-corrected chi connectivity index (χ1v) is 11.9. The Bertz CT molecular complexity index is 645. The Morgan fingerprint density at radius 1 is 0.867 bits per heavy atom. The third-order valence-electron chi connectivity index (χ3n) is 5.79. The SMILES string of the molecule is CCCCCCCCCCCCCCCC1=NN(c2ccccc2)C(=O)[C@H]1NC=O. The molecule has 0 bridgehead atoms. The predicted molar refractivity (Wildman–Crippen MR) is 125 cm³/mol. The Morgan fingerprint density at radius 3 is 1.93 bits per heavy atom. The van der Waals surface area contributed by atoms with Gasteiger partial charge in [-0.3, -0.25) is 9.59 Å². The molecule has 1 aliphatic heterocycles. The fourth-order valence-corrected chi connectivity index (χ4v) is 4.01. The molecule has 2 rings (SSSR count). The maximum atomic E-state index is 12.6. The van der Waals surface area contributed by atoms with Gasteiger partial charge in [0.2, 0.25) is 6.41 Å². The molecule has 1 aromatic rings. The average Bonchev–Trinajstić information content (AvgIpc) is 3.08. The molecule has 2 amide bonds. The molecule has 5 heteroatoms. The zero-order valence-corrected chi connectivity index (χ0v) is 18.7. The molecule has 0 unspecified atom stereocenters. The molecule has 166 valence electrons. The lowest BCUT2D eigenvalue weighted by Gasteiger charge is -2.13. The van der Waals surface area contributed by atoms with Gasteiger partial charge >= 0.3 is 0 Å². The first-order valence-electron chi connectivity index (χ1n) is 11.9. The van der Waals surface area contributed by atoms with E-state index in [1.807, 2.05) is 30.3 Å². The Kier molecular flexibility index (Phi) is 11.9. The third kappa shape index (κ3) is 8.29. The van der Waals surface area contributed by atoms with Gasteiger partial charge in [0.1, 0.15) is 0 Å². The number of benzene rings is 1. The Labute approximate surface area is 182 Å². The number of carbonyl (C=O) groups excluding carboxylic acids is 2. The minimum absolute atomic E-state index is 0.182. The largest absolute Gasteiger partial charge is 0.342 e. The van der Waals surface area contributed by atoms with Gasteiger partial charge in [0.25, 0.3) is 5.91 Å². The molecule has 5 nitrogen and oxygen atoms in total. The highest BCUT2D eigenvalue weighted by Crippen LogP contribution is 2.22. The van der Waals surface area contributed by atoms with Crippen LogP contribution < -0.4 is 10.3 Å². The molecule has 0 aromatic heterocycles. The summed E-state index contributed by atoms with van der Waals surface area (Å²) in [5, 5.41) is 8.57. The normalized spacial score (nSPS) is 16.0. The number of hydrogen-bond acceptors (Lipinski definition) is 3. The minimum atomic E-state index is -0.625. The van der Waals surface area contributed by atoms with Gasteiger partial charge in [0.15, 0.2) is 6.04 Å². The molecular formula is C25H39N3O2. The molecule has 0 fully saturated rings. The van der Waals surface area contributed by atoms with Crippen molar-refractivity contribution in [2.75, 3.05) is 5.01 Å². The van der Waals surface area contributed by atoms with Crippen molar-refractivity contribution in [2.45, 2.75) is 103 Å². The number of anilines is 1. The molecule has 1 aromatic carbocycles. The van der Waals surface area contributed by atoms with Gasteiger partial charge in [-0.25, -0.2) is 0 Å². The minimum Gasteiger partial charge on any atom is -0.342 e. The second-order valence-corrected chi connectivity index (χ2v) is 8.29. The predicted octanol–water partition coefficient (Wildman–Crippen LogP) is 5.99. The maximum absolute atomic E-state index is 12.6. The second kappa shape index (κ2) is 14.8. The van der Waals surface area contributed by atoms with Crippen molar-refractivity contribution in [3.8, 4) is 0 Å². The van der Waals surface area contributed by atoms with E-state index >= 15 is 0 Å². The second-order valence-electron chi connectivity index (χ2n) is 8.29. The number of rotatable bonds is 17. The van der Waals surface area contributed by atoms with E-state index in [4.69, 9.17) is 0 Å². The summed E-state index contributed by atoms with van der Waals surface area (Å²) in [6.45, 7) is 2.26. The zero-order valence-electron chi connectivity index (χ0n) is 18.7. The summed E-state index contributed by atoms with van der Waals surface area (Å²) in [6.07, 6.45) is 18.4. The Balaban J connectivity index is 1.60. The smallest absolute Gasteiger partial charge is 0.275 e. The number of hydrazone groups is 1. The lowest BCUT2D eigenvalue weighted by molar-refractivity contribution is -0.120. The van der Waals surface area contributed by atoms with E-state index in [1.165, 1.54) is 75.6 Å². The van der Waals surface area contributed by atoms with Crippen LogP contribution in [0.15, 0.2) is 35.4 Å². The first-order chi connectivity index (χ1) is 14.8. The highest BCUT2D eigenvalue weighted by Gasteiger charge is 2.35. The standard InChI is InChI=1S/C25H39N3O2/c1-2-3-4-5-6-7-8-9-10-11-12-13-17-20-23-24(26-21-29)25(30)28(27-23)22-18-15-14-16-19-22/h14-16,18-19,21,24H,2-13,17,20H2,1H3,(H,26,29)/t24-/m0/s1. The van der Waals surface area contributed by atoms with Gasteiger partial charge in [-0.05, 0) is 25.0 Å². The van der Waals surface area contributed by atoms with Gasteiger partial charge in [-0.15, -0.1) is 0 Å². The quantitative estimate of drug-likeness (QED) is 0.252. The molecule has 0 radical (unpaired) electrons. The summed E-state index contributed by atoms with van der Waals surface area (Å²) in [5.74, 6) is -0.182. The molecule has 30 heavy (non-hydrogen) atoms. The Morgan fingerprint density at radius 2 is 1.40 bits per heavy atom. The number of nitrogens with one attached hydrogen (secondary N) is 1. The van der Waals surface area contributed by atoms with Crippen LogP contribution in [0.3, 0.4) is 0 Å². The lowest BCUT2D eigenvalue weighted by atomic mass is 10.0. The van der Waals surface area contributed by atoms with E-state index in [9.17, 15) is 9.59 Å². The van der Waals surface area contributed by atoms with Crippen molar-refractivity contribution in [1.82, 2.24) is 5.32 Å². The fourth-order valence-electron chi connectivity index (χ4n) is 4.01. The van der Waals surface area contributed by atoms with Crippen LogP contribution in [0.1, 0.15) is 96.8 Å². The third-order valence-corrected chi connectivity index (χ3v) is 5.79. The zero-order chi connectivity index (χ0) is 21.4. The first kappa shape index (κ1) is 24.1. The van der Waals surface area contributed by atoms with Crippen molar-refractivity contribution in [3.05, 3.63) is 30.3 Å². The molecule has 1 heterocycles. The van der Waals surface area contributed by atoms with E-state index in [2.05, 4.69) is 17.3 Å². The van der Waals surface area contributed by atoms with E-state index in [0.29, 0.717) is 6.41 Å². The van der Waals surface area contributed by atoms with Crippen LogP contribution in [-0.2, 0) is 9.59 Å². The molecule has 0 saturated heterocycles. The fraction of sp³-hybridized carbons (Fsp3) is 0.640. The monoisotopic (exact) mass is 413 g/mol. The number of unbranched alkanes of at least 4 members (excludes halogenated alkanes) is 12. The number of para-hydroxylation sites is 1. The molecular weight excluding hydrogens is 374 g/mol. The molecule has 1 aliphatic rings. The van der Waals surface area contributed by atoms with E-state index in [-0.39, 0.29) is 5.91 Å². The van der Waals surface area contributed by atoms with Gasteiger partial charge in [-0.1, -0.05) is 102 Å². The van der Waals surface area contributed by atoms with Gasteiger partial charge in [0.05, 0.1) is 11.4 Å². The highest BCUT2D eigenvalue weighted by atomic mass is 16.2. The summed E-state index contributed by atoms with van der Waals surface area (Å²) >= 11 is 0. The molecule has 0 spiro atoms. The maximum Gasteiger partial charge on any atom is 0.275 e. The number of carbonyl (C=O) groups is 2. The molecule has 0 saturated carbocycles. The van der Waals surface area contributed by atoms with E-state index in [1.54, 1.807) is 0 Å². The van der Waals surface area contributed by atoms with E-state index in [0.717, 1.165) is 30.7 Å². The molecule has 1 N–H and O–H groups in total. The average molecular weight is 414 g/mol. The molecule has 0 aliphatic carbocycles. The number of amides is 2.